The molecule has 0 aromatic carbocycles. The summed E-state index contributed by atoms with van der Waals surface area (Å²) < 4.78 is 5.35. The normalized spacial score (nSPS) is 20.9. The summed E-state index contributed by atoms with van der Waals surface area (Å²) in [7, 11) is 0. The van der Waals surface area contributed by atoms with Crippen LogP contribution in [0.25, 0.3) is 0 Å². The Morgan fingerprint density at radius 3 is 2.69 bits per heavy atom. The van der Waals surface area contributed by atoms with Crippen molar-refractivity contribution in [2.45, 2.75) is 76.9 Å². The highest BCUT2D eigenvalue weighted by molar-refractivity contribution is 7.14. The summed E-state index contributed by atoms with van der Waals surface area (Å²) in [5, 5.41) is 10.3. The van der Waals surface area contributed by atoms with Gasteiger partial charge in [0.1, 0.15) is 6.04 Å². The summed E-state index contributed by atoms with van der Waals surface area (Å²) in [6.45, 7) is 5.59. The predicted octanol–water partition coefficient (Wildman–Crippen LogP) is 5.25. The van der Waals surface area contributed by atoms with Gasteiger partial charge in [0.2, 0.25) is 5.91 Å². The van der Waals surface area contributed by atoms with Crippen LogP contribution in [0.5, 0.6) is 0 Å². The Labute approximate surface area is 221 Å². The van der Waals surface area contributed by atoms with E-state index in [2.05, 4.69) is 20.9 Å². The zero-order valence-electron chi connectivity index (χ0n) is 20.9. The lowest BCUT2D eigenvalue weighted by atomic mass is 9.64. The lowest BCUT2D eigenvalue weighted by Gasteiger charge is -2.53. The third-order valence-electron chi connectivity index (χ3n) is 7.89. The molecule has 2 saturated carbocycles. The van der Waals surface area contributed by atoms with E-state index in [9.17, 15) is 9.59 Å². The minimum absolute atomic E-state index is 0.0190. The number of carbonyl (C=O) groups is 2. The lowest BCUT2D eigenvalue weighted by molar-refractivity contribution is -0.169. The Balaban J connectivity index is 1.21. The third-order valence-corrected chi connectivity index (χ3v) is 9.36. The van der Waals surface area contributed by atoms with Crippen molar-refractivity contribution in [1.29, 1.82) is 0 Å². The molecular weight excluding hydrogens is 496 g/mol. The maximum atomic E-state index is 13.2. The SMILES string of the molecule is Cc1ncc(Cl)cc1N[C@@H](C)c1ccc(C(=O)N[C@@H](CC2CCCC2)C(=O)NC2CC3(COC3)C2)s1. The number of hydrogen-bond acceptors (Lipinski definition) is 6. The molecule has 3 heterocycles. The molecular formula is C27H35ClN4O3S. The molecule has 3 fully saturated rings. The van der Waals surface area contributed by atoms with E-state index in [0.717, 1.165) is 55.2 Å². The Morgan fingerprint density at radius 2 is 2.00 bits per heavy atom. The molecule has 9 heteroatoms. The van der Waals surface area contributed by atoms with E-state index in [4.69, 9.17) is 16.3 Å². The predicted molar refractivity (Wildman–Crippen MR) is 143 cm³/mol. The molecule has 194 valence electrons. The minimum atomic E-state index is -0.504. The number of aromatic nitrogens is 1. The quantitative estimate of drug-likeness (QED) is 0.411. The number of halogens is 1. The summed E-state index contributed by atoms with van der Waals surface area (Å²) in [5.74, 6) is 0.257. The number of pyridine rings is 1. The number of thiophene rings is 1. The van der Waals surface area contributed by atoms with Gasteiger partial charge in [0.05, 0.1) is 40.5 Å². The van der Waals surface area contributed by atoms with E-state index < -0.39 is 6.04 Å². The smallest absolute Gasteiger partial charge is 0.262 e. The van der Waals surface area contributed by atoms with Crippen molar-refractivity contribution in [2.75, 3.05) is 18.5 Å². The van der Waals surface area contributed by atoms with E-state index in [1.165, 1.54) is 24.2 Å². The molecule has 2 atom stereocenters. The second kappa shape index (κ2) is 10.7. The van der Waals surface area contributed by atoms with Gasteiger partial charge in [-0.3, -0.25) is 14.6 Å². The van der Waals surface area contributed by atoms with Crippen molar-refractivity contribution in [3.05, 3.63) is 44.9 Å². The number of aryl methyl sites for hydroxylation is 1. The molecule has 2 aromatic rings. The molecule has 0 radical (unpaired) electrons. The van der Waals surface area contributed by atoms with Gasteiger partial charge in [0.15, 0.2) is 0 Å². The molecule has 2 aliphatic carbocycles. The van der Waals surface area contributed by atoms with Crippen LogP contribution in [0.15, 0.2) is 24.4 Å². The van der Waals surface area contributed by atoms with Gasteiger partial charge in [-0.25, -0.2) is 0 Å². The number of ether oxygens (including phenoxy) is 1. The van der Waals surface area contributed by atoms with Crippen molar-refractivity contribution in [3.63, 3.8) is 0 Å². The number of anilines is 1. The molecule has 7 nitrogen and oxygen atoms in total. The molecule has 0 unspecified atom stereocenters. The molecule has 1 aliphatic heterocycles. The largest absolute Gasteiger partial charge is 0.380 e. The molecule has 3 aliphatic rings. The first-order chi connectivity index (χ1) is 17.3. The fraction of sp³-hybridized carbons (Fsp3) is 0.593. The first kappa shape index (κ1) is 25.5. The van der Waals surface area contributed by atoms with E-state index >= 15 is 0 Å². The number of hydrogen-bond donors (Lipinski definition) is 3. The highest BCUT2D eigenvalue weighted by atomic mass is 35.5. The lowest BCUT2D eigenvalue weighted by Crippen LogP contribution is -2.61. The average Bonchev–Trinajstić information content (AvgIpc) is 3.49. The summed E-state index contributed by atoms with van der Waals surface area (Å²) in [5.41, 5.74) is 2.03. The van der Waals surface area contributed by atoms with Gasteiger partial charge in [-0.15, -0.1) is 11.3 Å². The van der Waals surface area contributed by atoms with Crippen LogP contribution in [0.2, 0.25) is 5.02 Å². The highest BCUT2D eigenvalue weighted by Crippen LogP contribution is 2.46. The topological polar surface area (TPSA) is 92.4 Å². The number of nitrogens with zero attached hydrogens (tertiary/aromatic N) is 1. The van der Waals surface area contributed by atoms with Gasteiger partial charge in [0.25, 0.3) is 5.91 Å². The Morgan fingerprint density at radius 1 is 1.25 bits per heavy atom. The fourth-order valence-electron chi connectivity index (χ4n) is 5.72. The van der Waals surface area contributed by atoms with Crippen LogP contribution in [-0.4, -0.2) is 42.1 Å². The highest BCUT2D eigenvalue weighted by Gasteiger charge is 2.50. The zero-order valence-corrected chi connectivity index (χ0v) is 22.5. The molecule has 1 spiro atoms. The number of nitrogens with one attached hydrogen (secondary N) is 3. The van der Waals surface area contributed by atoms with Crippen LogP contribution in [0.4, 0.5) is 5.69 Å². The van der Waals surface area contributed by atoms with Gasteiger partial charge < -0.3 is 20.7 Å². The summed E-state index contributed by atoms with van der Waals surface area (Å²) in [6, 6.07) is 5.33. The van der Waals surface area contributed by atoms with Gasteiger partial charge in [-0.2, -0.15) is 0 Å². The summed E-state index contributed by atoms with van der Waals surface area (Å²) in [4.78, 5) is 32.4. The van der Waals surface area contributed by atoms with Crippen molar-refractivity contribution >= 4 is 40.4 Å². The first-order valence-electron chi connectivity index (χ1n) is 13.0. The average molecular weight is 531 g/mol. The van der Waals surface area contributed by atoms with Crippen LogP contribution < -0.4 is 16.0 Å². The molecule has 36 heavy (non-hydrogen) atoms. The maximum absolute atomic E-state index is 13.2. The standard InChI is InChI=1S/C27H35ClN4O3S/c1-16-21(10-19(28)13-29-16)30-17(2)23-7-8-24(36-23)26(34)32-22(9-18-5-3-4-6-18)25(33)31-20-11-27(12-20)14-35-15-27/h7-8,10,13,17-18,20,22,30H,3-6,9,11-12,14-15H2,1-2H3,(H,31,33)(H,32,34)/t17-,22-/m0/s1. The second-order valence-corrected chi connectivity index (χ2v) is 12.4. The van der Waals surface area contributed by atoms with Crippen LogP contribution in [0, 0.1) is 18.3 Å². The van der Waals surface area contributed by atoms with Crippen molar-refractivity contribution in [3.8, 4) is 0 Å². The van der Waals surface area contributed by atoms with Crippen molar-refractivity contribution in [1.82, 2.24) is 15.6 Å². The van der Waals surface area contributed by atoms with Crippen molar-refractivity contribution in [2.24, 2.45) is 11.3 Å². The first-order valence-corrected chi connectivity index (χ1v) is 14.2. The minimum Gasteiger partial charge on any atom is -0.380 e. The number of rotatable bonds is 9. The van der Waals surface area contributed by atoms with Crippen LogP contribution in [0.1, 0.15) is 78.2 Å². The van der Waals surface area contributed by atoms with Gasteiger partial charge in [-0.1, -0.05) is 37.3 Å². The summed E-state index contributed by atoms with van der Waals surface area (Å²) in [6.07, 6.45) is 8.96. The summed E-state index contributed by atoms with van der Waals surface area (Å²) >= 11 is 7.55. The van der Waals surface area contributed by atoms with E-state index in [1.54, 1.807) is 6.20 Å². The molecule has 5 rings (SSSR count). The maximum Gasteiger partial charge on any atom is 0.262 e. The second-order valence-electron chi connectivity index (χ2n) is 10.9. The monoisotopic (exact) mass is 530 g/mol. The van der Waals surface area contributed by atoms with E-state index in [0.29, 0.717) is 27.7 Å². The Bertz CT molecular complexity index is 1100. The number of amides is 2. The Hall–Kier alpha value is -2.16. The van der Waals surface area contributed by atoms with Gasteiger partial charge in [-0.05, 0) is 57.2 Å². The zero-order chi connectivity index (χ0) is 25.3. The molecule has 2 aromatic heterocycles. The molecule has 0 bridgehead atoms. The van der Waals surface area contributed by atoms with Gasteiger partial charge in [0, 0.05) is 22.5 Å². The van der Waals surface area contributed by atoms with Crippen LogP contribution in [0.3, 0.4) is 0 Å². The fourth-order valence-corrected chi connectivity index (χ4v) is 6.79. The van der Waals surface area contributed by atoms with Crippen molar-refractivity contribution < 1.29 is 14.3 Å². The van der Waals surface area contributed by atoms with E-state index in [1.807, 2.05) is 32.0 Å². The van der Waals surface area contributed by atoms with Gasteiger partial charge >= 0.3 is 0 Å². The Kier molecular flexibility index (Phi) is 7.56. The van der Waals surface area contributed by atoms with E-state index in [-0.39, 0.29) is 23.9 Å². The van der Waals surface area contributed by atoms with Crippen LogP contribution in [-0.2, 0) is 9.53 Å². The molecule has 3 N–H and O–H groups in total. The molecule has 1 saturated heterocycles. The van der Waals surface area contributed by atoms with Crippen LogP contribution >= 0.6 is 22.9 Å². The molecule has 2 amide bonds. The number of carbonyl (C=O) groups excluding carboxylic acids is 2. The third kappa shape index (κ3) is 5.71.